The van der Waals surface area contributed by atoms with Gasteiger partial charge in [0.1, 0.15) is 5.82 Å². The minimum atomic E-state index is -4.56. The van der Waals surface area contributed by atoms with E-state index in [2.05, 4.69) is 9.97 Å². The predicted molar refractivity (Wildman–Crippen MR) is 69.2 cm³/mol. The van der Waals surface area contributed by atoms with Crippen molar-refractivity contribution in [2.24, 2.45) is 5.84 Å². The molecule has 0 aliphatic rings. The van der Waals surface area contributed by atoms with Crippen molar-refractivity contribution in [3.63, 3.8) is 0 Å². The van der Waals surface area contributed by atoms with Crippen LogP contribution in [-0.2, 0) is 10.9 Å². The summed E-state index contributed by atoms with van der Waals surface area (Å²) in [6.07, 6.45) is -4.50. The van der Waals surface area contributed by atoms with E-state index >= 15 is 0 Å². The van der Waals surface area contributed by atoms with Crippen LogP contribution in [0.15, 0.2) is 6.07 Å². The summed E-state index contributed by atoms with van der Waals surface area (Å²) in [5.74, 6) is 4.92. The molecule has 0 radical (unpaired) electrons. The summed E-state index contributed by atoms with van der Waals surface area (Å²) < 4.78 is 43.5. The minimum absolute atomic E-state index is 0.0563. The molecular formula is C11H18F3N5O. The SMILES string of the molecule is CC(C)OCCN(C)c1cc(C(F)(F)F)nc(NN)n1. The van der Waals surface area contributed by atoms with Crippen molar-refractivity contribution in [2.75, 3.05) is 30.5 Å². The number of aromatic nitrogens is 2. The topological polar surface area (TPSA) is 76.3 Å². The van der Waals surface area contributed by atoms with Gasteiger partial charge in [0.05, 0.1) is 12.7 Å². The second-order valence-electron chi connectivity index (χ2n) is 4.42. The zero-order valence-corrected chi connectivity index (χ0v) is 11.5. The van der Waals surface area contributed by atoms with Crippen molar-refractivity contribution in [2.45, 2.75) is 26.1 Å². The summed E-state index contributed by atoms with van der Waals surface area (Å²) >= 11 is 0. The van der Waals surface area contributed by atoms with E-state index in [9.17, 15) is 13.2 Å². The lowest BCUT2D eigenvalue weighted by atomic mass is 10.3. The van der Waals surface area contributed by atoms with Gasteiger partial charge >= 0.3 is 6.18 Å². The van der Waals surface area contributed by atoms with Crippen LogP contribution in [0.25, 0.3) is 0 Å². The van der Waals surface area contributed by atoms with Crippen molar-refractivity contribution in [3.8, 4) is 0 Å². The van der Waals surface area contributed by atoms with Crippen LogP contribution in [-0.4, -0.2) is 36.3 Å². The average Bonchev–Trinajstić information content (AvgIpc) is 2.36. The predicted octanol–water partition coefficient (Wildman–Crippen LogP) is 1.64. The van der Waals surface area contributed by atoms with Crippen molar-refractivity contribution in [1.82, 2.24) is 9.97 Å². The number of anilines is 2. The molecule has 0 spiro atoms. The molecule has 1 aromatic heterocycles. The number of ether oxygens (including phenoxy) is 1. The van der Waals surface area contributed by atoms with Crippen LogP contribution < -0.4 is 16.2 Å². The lowest BCUT2D eigenvalue weighted by Gasteiger charge is -2.20. The fourth-order valence-electron chi connectivity index (χ4n) is 1.38. The van der Waals surface area contributed by atoms with Crippen LogP contribution in [0.1, 0.15) is 19.5 Å². The summed E-state index contributed by atoms with van der Waals surface area (Å²) in [5, 5.41) is 0. The van der Waals surface area contributed by atoms with Gasteiger partial charge in [0.2, 0.25) is 5.95 Å². The molecule has 0 fully saturated rings. The van der Waals surface area contributed by atoms with Crippen molar-refractivity contribution < 1.29 is 17.9 Å². The van der Waals surface area contributed by atoms with Gasteiger partial charge < -0.3 is 9.64 Å². The molecule has 0 amide bonds. The Hall–Kier alpha value is -1.61. The van der Waals surface area contributed by atoms with Crippen molar-refractivity contribution in [3.05, 3.63) is 11.8 Å². The first-order valence-electron chi connectivity index (χ1n) is 5.99. The van der Waals surface area contributed by atoms with E-state index in [-0.39, 0.29) is 17.9 Å². The summed E-state index contributed by atoms with van der Waals surface area (Å²) in [4.78, 5) is 8.71. The van der Waals surface area contributed by atoms with Gasteiger partial charge in [0, 0.05) is 19.7 Å². The Bertz CT molecular complexity index is 439. The Labute approximate surface area is 115 Å². The molecule has 0 unspecified atom stereocenters. The van der Waals surface area contributed by atoms with E-state index in [1.165, 1.54) is 0 Å². The molecule has 9 heteroatoms. The van der Waals surface area contributed by atoms with E-state index in [4.69, 9.17) is 10.6 Å². The molecule has 0 saturated heterocycles. The number of hydrogen-bond donors (Lipinski definition) is 2. The van der Waals surface area contributed by atoms with Gasteiger partial charge in [0.25, 0.3) is 0 Å². The third-order valence-corrected chi connectivity index (χ3v) is 2.40. The molecule has 0 aliphatic carbocycles. The summed E-state index contributed by atoms with van der Waals surface area (Å²) in [6, 6.07) is 0.871. The maximum atomic E-state index is 12.7. The number of halogens is 3. The van der Waals surface area contributed by atoms with Crippen LogP contribution in [0.2, 0.25) is 0 Å². The summed E-state index contributed by atoms with van der Waals surface area (Å²) in [6.45, 7) is 4.53. The lowest BCUT2D eigenvalue weighted by molar-refractivity contribution is -0.141. The molecule has 114 valence electrons. The zero-order valence-electron chi connectivity index (χ0n) is 11.5. The number of nitrogen functional groups attached to an aromatic ring is 1. The summed E-state index contributed by atoms with van der Waals surface area (Å²) in [7, 11) is 1.62. The molecule has 0 saturated carbocycles. The van der Waals surface area contributed by atoms with Gasteiger partial charge in [-0.2, -0.15) is 18.2 Å². The normalized spacial score (nSPS) is 11.8. The molecule has 20 heavy (non-hydrogen) atoms. The smallest absolute Gasteiger partial charge is 0.377 e. The number of nitrogens with two attached hydrogens (primary N) is 1. The first-order chi connectivity index (χ1) is 9.24. The zero-order chi connectivity index (χ0) is 15.3. The standard InChI is InChI=1S/C11H18F3N5O/c1-7(2)20-5-4-19(3)9-6-8(11(12,13)14)16-10(17-9)18-15/h6-7H,4-5,15H2,1-3H3,(H,16,17,18). The number of hydrazine groups is 1. The molecule has 0 bridgehead atoms. The van der Waals surface area contributed by atoms with Crippen LogP contribution in [0.4, 0.5) is 24.9 Å². The highest BCUT2D eigenvalue weighted by atomic mass is 19.4. The maximum absolute atomic E-state index is 12.7. The van der Waals surface area contributed by atoms with Gasteiger partial charge in [-0.3, -0.25) is 5.43 Å². The van der Waals surface area contributed by atoms with E-state index < -0.39 is 11.9 Å². The average molecular weight is 293 g/mol. The molecular weight excluding hydrogens is 275 g/mol. The monoisotopic (exact) mass is 293 g/mol. The third kappa shape index (κ3) is 4.82. The van der Waals surface area contributed by atoms with Gasteiger partial charge in [-0.15, -0.1) is 0 Å². The number of alkyl halides is 3. The number of rotatable bonds is 6. The molecule has 6 nitrogen and oxygen atoms in total. The Balaban J connectivity index is 2.88. The fraction of sp³-hybridized carbons (Fsp3) is 0.636. The molecule has 0 aromatic carbocycles. The molecule has 1 rings (SSSR count). The van der Waals surface area contributed by atoms with Crippen LogP contribution >= 0.6 is 0 Å². The first-order valence-corrected chi connectivity index (χ1v) is 5.99. The first kappa shape index (κ1) is 16.4. The van der Waals surface area contributed by atoms with Crippen molar-refractivity contribution in [1.29, 1.82) is 0 Å². The van der Waals surface area contributed by atoms with Crippen molar-refractivity contribution >= 4 is 11.8 Å². The van der Waals surface area contributed by atoms with E-state index in [0.717, 1.165) is 6.07 Å². The van der Waals surface area contributed by atoms with Gasteiger partial charge in [-0.25, -0.2) is 10.8 Å². The number of nitrogens with zero attached hydrogens (tertiary/aromatic N) is 3. The largest absolute Gasteiger partial charge is 0.433 e. The second kappa shape index (κ2) is 6.71. The van der Waals surface area contributed by atoms with Gasteiger partial charge in [0.15, 0.2) is 5.69 Å². The Morgan fingerprint density at radius 1 is 1.40 bits per heavy atom. The Morgan fingerprint density at radius 3 is 2.55 bits per heavy atom. The lowest BCUT2D eigenvalue weighted by Crippen LogP contribution is -2.26. The van der Waals surface area contributed by atoms with Crippen LogP contribution in [0.5, 0.6) is 0 Å². The minimum Gasteiger partial charge on any atom is -0.377 e. The van der Waals surface area contributed by atoms with E-state index in [1.54, 1.807) is 11.9 Å². The van der Waals surface area contributed by atoms with Crippen LogP contribution in [0, 0.1) is 0 Å². The van der Waals surface area contributed by atoms with Gasteiger partial charge in [-0.05, 0) is 13.8 Å². The van der Waals surface area contributed by atoms with E-state index in [1.807, 2.05) is 19.3 Å². The quantitative estimate of drug-likeness (QED) is 0.613. The number of nitrogens with one attached hydrogen (secondary N) is 1. The molecule has 0 atom stereocenters. The van der Waals surface area contributed by atoms with E-state index in [0.29, 0.717) is 13.2 Å². The Morgan fingerprint density at radius 2 is 2.05 bits per heavy atom. The highest BCUT2D eigenvalue weighted by molar-refractivity contribution is 5.44. The number of likely N-dealkylation sites (N-methyl/N-ethyl adjacent to an activating group) is 1. The highest BCUT2D eigenvalue weighted by Crippen LogP contribution is 2.30. The molecule has 1 heterocycles. The molecule has 1 aromatic rings. The molecule has 0 aliphatic heterocycles. The summed E-state index contributed by atoms with van der Waals surface area (Å²) in [5.41, 5.74) is 0.980. The number of hydrogen-bond acceptors (Lipinski definition) is 6. The fourth-order valence-corrected chi connectivity index (χ4v) is 1.38. The second-order valence-corrected chi connectivity index (χ2v) is 4.42. The molecule has 3 N–H and O–H groups in total. The Kier molecular flexibility index (Phi) is 5.52. The third-order valence-electron chi connectivity index (χ3n) is 2.40. The van der Waals surface area contributed by atoms with Gasteiger partial charge in [-0.1, -0.05) is 0 Å². The van der Waals surface area contributed by atoms with Crippen LogP contribution in [0.3, 0.4) is 0 Å². The highest BCUT2D eigenvalue weighted by Gasteiger charge is 2.34. The maximum Gasteiger partial charge on any atom is 0.433 e.